The number of ether oxygens (including phenoxy) is 1. The summed E-state index contributed by atoms with van der Waals surface area (Å²) >= 11 is 6.28. The van der Waals surface area contributed by atoms with E-state index in [2.05, 4.69) is 5.10 Å². The predicted molar refractivity (Wildman–Crippen MR) is 72.5 cm³/mol. The normalized spacial score (nSPS) is 14.4. The van der Waals surface area contributed by atoms with E-state index in [1.54, 1.807) is 11.8 Å². The van der Waals surface area contributed by atoms with Gasteiger partial charge in [0.1, 0.15) is 16.6 Å². The molecule has 1 fully saturated rings. The highest BCUT2D eigenvalue weighted by atomic mass is 35.5. The second kappa shape index (κ2) is 4.70. The van der Waals surface area contributed by atoms with E-state index in [1.165, 1.54) is 0 Å². The topological polar surface area (TPSA) is 44.1 Å². The number of hydrogen-bond donors (Lipinski definition) is 0. The van der Waals surface area contributed by atoms with Crippen LogP contribution in [0.5, 0.6) is 5.75 Å². The first-order chi connectivity index (χ1) is 9.26. The van der Waals surface area contributed by atoms with Gasteiger partial charge in [-0.05, 0) is 25.0 Å². The fourth-order valence-electron chi connectivity index (χ4n) is 2.16. The third-order valence-electron chi connectivity index (χ3n) is 3.29. The van der Waals surface area contributed by atoms with Crippen molar-refractivity contribution in [3.63, 3.8) is 0 Å². The largest absolute Gasteiger partial charge is 0.494 e. The molecule has 19 heavy (non-hydrogen) atoms. The summed E-state index contributed by atoms with van der Waals surface area (Å²) in [4.78, 5) is 11.2. The van der Waals surface area contributed by atoms with Crippen LogP contribution in [0.25, 0.3) is 5.69 Å². The minimum Gasteiger partial charge on any atom is -0.494 e. The van der Waals surface area contributed by atoms with Crippen LogP contribution >= 0.6 is 11.6 Å². The van der Waals surface area contributed by atoms with Gasteiger partial charge >= 0.3 is 0 Å². The standard InChI is InChI=1S/C14H13ClN2O2/c1-19-12-5-3-2-4-11(12)17-14(15)10(8-18)13(16-17)9-6-7-9/h2-5,8-9H,6-7H2,1H3. The number of methoxy groups -OCH3 is 1. The highest BCUT2D eigenvalue weighted by molar-refractivity contribution is 6.32. The first-order valence-corrected chi connectivity index (χ1v) is 6.51. The van der Waals surface area contributed by atoms with Crippen LogP contribution < -0.4 is 4.74 Å². The second-order valence-corrected chi connectivity index (χ2v) is 4.92. The van der Waals surface area contributed by atoms with Crippen LogP contribution in [0.4, 0.5) is 0 Å². The fraction of sp³-hybridized carbons (Fsp3) is 0.286. The fourth-order valence-corrected chi connectivity index (χ4v) is 2.43. The van der Waals surface area contributed by atoms with Crippen molar-refractivity contribution < 1.29 is 9.53 Å². The van der Waals surface area contributed by atoms with Crippen LogP contribution in [0.15, 0.2) is 24.3 Å². The number of hydrogen-bond acceptors (Lipinski definition) is 3. The van der Waals surface area contributed by atoms with E-state index in [0.29, 0.717) is 22.4 Å². The van der Waals surface area contributed by atoms with Crippen molar-refractivity contribution in [1.82, 2.24) is 9.78 Å². The Labute approximate surface area is 115 Å². The molecule has 0 unspecified atom stereocenters. The molecule has 0 amide bonds. The van der Waals surface area contributed by atoms with Gasteiger partial charge in [0, 0.05) is 5.92 Å². The molecule has 2 aromatic rings. The Balaban J connectivity index is 2.17. The number of para-hydroxylation sites is 2. The molecule has 1 aliphatic carbocycles. The van der Waals surface area contributed by atoms with Crippen molar-refractivity contribution >= 4 is 17.9 Å². The number of carbonyl (C=O) groups is 1. The van der Waals surface area contributed by atoms with Crippen LogP contribution in [0.2, 0.25) is 5.15 Å². The molecule has 1 saturated carbocycles. The number of nitrogens with zero attached hydrogens (tertiary/aromatic N) is 2. The van der Waals surface area contributed by atoms with Gasteiger partial charge in [-0.3, -0.25) is 4.79 Å². The summed E-state index contributed by atoms with van der Waals surface area (Å²) in [7, 11) is 1.60. The third-order valence-corrected chi connectivity index (χ3v) is 3.65. The quantitative estimate of drug-likeness (QED) is 0.806. The van der Waals surface area contributed by atoms with E-state index >= 15 is 0 Å². The van der Waals surface area contributed by atoms with Crippen molar-refractivity contribution in [1.29, 1.82) is 0 Å². The Kier molecular flexibility index (Phi) is 3.03. The van der Waals surface area contributed by atoms with Gasteiger partial charge < -0.3 is 4.74 Å². The average Bonchev–Trinajstić information content (AvgIpc) is 3.23. The lowest BCUT2D eigenvalue weighted by Crippen LogP contribution is -2.00. The van der Waals surface area contributed by atoms with Crippen LogP contribution in [0, 0.1) is 0 Å². The Hall–Kier alpha value is -1.81. The molecule has 1 aliphatic rings. The summed E-state index contributed by atoms with van der Waals surface area (Å²) in [6.07, 6.45) is 2.93. The summed E-state index contributed by atoms with van der Waals surface area (Å²) in [5, 5.41) is 4.84. The number of halogens is 1. The van der Waals surface area contributed by atoms with E-state index in [9.17, 15) is 4.79 Å². The molecular weight excluding hydrogens is 264 g/mol. The van der Waals surface area contributed by atoms with Gasteiger partial charge in [-0.1, -0.05) is 23.7 Å². The first-order valence-electron chi connectivity index (χ1n) is 6.13. The molecule has 5 heteroatoms. The molecule has 1 aromatic carbocycles. The second-order valence-electron chi connectivity index (χ2n) is 4.57. The molecule has 0 radical (unpaired) electrons. The zero-order chi connectivity index (χ0) is 13.4. The van der Waals surface area contributed by atoms with Crippen LogP contribution in [-0.2, 0) is 0 Å². The highest BCUT2D eigenvalue weighted by Gasteiger charge is 2.31. The molecule has 0 spiro atoms. The van der Waals surface area contributed by atoms with E-state index < -0.39 is 0 Å². The predicted octanol–water partition coefficient (Wildman–Crippen LogP) is 3.22. The molecule has 4 nitrogen and oxygen atoms in total. The lowest BCUT2D eigenvalue weighted by Gasteiger charge is -2.08. The SMILES string of the molecule is COc1ccccc1-n1nc(C2CC2)c(C=O)c1Cl. The Morgan fingerprint density at radius 2 is 2.16 bits per heavy atom. The number of rotatable bonds is 4. The van der Waals surface area contributed by atoms with E-state index in [0.717, 1.165) is 30.5 Å². The molecule has 3 rings (SSSR count). The van der Waals surface area contributed by atoms with E-state index in [4.69, 9.17) is 16.3 Å². The summed E-state index contributed by atoms with van der Waals surface area (Å²) in [6.45, 7) is 0. The number of carbonyl (C=O) groups excluding carboxylic acids is 1. The number of aldehydes is 1. The smallest absolute Gasteiger partial charge is 0.155 e. The number of benzene rings is 1. The summed E-state index contributed by atoms with van der Waals surface area (Å²) < 4.78 is 6.89. The maximum absolute atomic E-state index is 11.2. The maximum Gasteiger partial charge on any atom is 0.155 e. The minimum atomic E-state index is 0.349. The summed E-state index contributed by atoms with van der Waals surface area (Å²) in [6, 6.07) is 7.46. The van der Waals surface area contributed by atoms with Crippen molar-refractivity contribution in [2.45, 2.75) is 18.8 Å². The average molecular weight is 277 g/mol. The Morgan fingerprint density at radius 1 is 1.42 bits per heavy atom. The van der Waals surface area contributed by atoms with E-state index in [1.807, 2.05) is 24.3 Å². The molecular formula is C14H13ClN2O2. The van der Waals surface area contributed by atoms with Gasteiger partial charge in [0.05, 0.1) is 18.4 Å². The molecule has 0 saturated heterocycles. The van der Waals surface area contributed by atoms with Crippen LogP contribution in [0.3, 0.4) is 0 Å². The monoisotopic (exact) mass is 276 g/mol. The summed E-state index contributed by atoms with van der Waals surface area (Å²) in [5.74, 6) is 1.04. The molecule has 0 atom stereocenters. The van der Waals surface area contributed by atoms with Crippen LogP contribution in [0.1, 0.15) is 34.8 Å². The molecule has 0 N–H and O–H groups in total. The van der Waals surface area contributed by atoms with Crippen molar-refractivity contribution in [2.24, 2.45) is 0 Å². The molecule has 0 bridgehead atoms. The lowest BCUT2D eigenvalue weighted by molar-refractivity contribution is 0.112. The van der Waals surface area contributed by atoms with Gasteiger partial charge in [-0.15, -0.1) is 0 Å². The van der Waals surface area contributed by atoms with E-state index in [-0.39, 0.29) is 0 Å². The lowest BCUT2D eigenvalue weighted by atomic mass is 10.2. The van der Waals surface area contributed by atoms with Gasteiger partial charge in [-0.2, -0.15) is 5.10 Å². The Bertz CT molecular complexity index is 632. The van der Waals surface area contributed by atoms with Gasteiger partial charge in [0.15, 0.2) is 6.29 Å². The Morgan fingerprint density at radius 3 is 2.79 bits per heavy atom. The third kappa shape index (κ3) is 2.02. The zero-order valence-corrected chi connectivity index (χ0v) is 11.2. The first kappa shape index (κ1) is 12.2. The molecule has 1 aromatic heterocycles. The highest BCUT2D eigenvalue weighted by Crippen LogP contribution is 2.42. The number of aromatic nitrogens is 2. The van der Waals surface area contributed by atoms with Gasteiger partial charge in [-0.25, -0.2) is 4.68 Å². The maximum atomic E-state index is 11.2. The molecule has 0 aliphatic heterocycles. The van der Waals surface area contributed by atoms with Crippen molar-refractivity contribution in [2.75, 3.05) is 7.11 Å². The zero-order valence-electron chi connectivity index (χ0n) is 10.5. The molecule has 98 valence electrons. The van der Waals surface area contributed by atoms with Crippen LogP contribution in [-0.4, -0.2) is 23.2 Å². The van der Waals surface area contributed by atoms with Crippen molar-refractivity contribution in [3.8, 4) is 11.4 Å². The van der Waals surface area contributed by atoms with Gasteiger partial charge in [0.25, 0.3) is 0 Å². The summed E-state index contributed by atoms with van der Waals surface area (Å²) in [5.41, 5.74) is 2.03. The van der Waals surface area contributed by atoms with Gasteiger partial charge in [0.2, 0.25) is 0 Å². The van der Waals surface area contributed by atoms with Crippen molar-refractivity contribution in [3.05, 3.63) is 40.7 Å². The minimum absolute atomic E-state index is 0.349. The molecule has 1 heterocycles.